The van der Waals surface area contributed by atoms with E-state index in [1.807, 2.05) is 23.1 Å². The molecule has 0 N–H and O–H groups in total. The van der Waals surface area contributed by atoms with Crippen molar-refractivity contribution in [3.05, 3.63) is 59.9 Å². The van der Waals surface area contributed by atoms with Crippen LogP contribution in [0.3, 0.4) is 0 Å². The summed E-state index contributed by atoms with van der Waals surface area (Å²) < 4.78 is 6.80. The summed E-state index contributed by atoms with van der Waals surface area (Å²) in [7, 11) is 1.57. The largest absolute Gasteiger partial charge is 0.480 e. The number of benzene rings is 1. The van der Waals surface area contributed by atoms with Crippen molar-refractivity contribution in [1.82, 2.24) is 29.6 Å². The van der Waals surface area contributed by atoms with Crippen LogP contribution < -0.4 is 4.74 Å². The molecule has 0 unspecified atom stereocenters. The van der Waals surface area contributed by atoms with Crippen LogP contribution in [0.2, 0.25) is 0 Å². The van der Waals surface area contributed by atoms with Gasteiger partial charge in [0.25, 0.3) is 0 Å². The van der Waals surface area contributed by atoms with E-state index < -0.39 is 0 Å². The molecule has 1 fully saturated rings. The van der Waals surface area contributed by atoms with Gasteiger partial charge in [-0.3, -0.25) is 9.69 Å². The molecule has 30 heavy (non-hydrogen) atoms. The normalized spacial score (nSPS) is 15.2. The quantitative estimate of drug-likeness (QED) is 0.597. The Labute approximate surface area is 175 Å². The van der Waals surface area contributed by atoms with Crippen molar-refractivity contribution in [3.8, 4) is 5.88 Å². The fourth-order valence-electron chi connectivity index (χ4n) is 3.54. The maximum Gasteiger partial charge on any atom is 0.231 e. The summed E-state index contributed by atoms with van der Waals surface area (Å²) in [5, 5.41) is 12.6. The smallest absolute Gasteiger partial charge is 0.231 e. The summed E-state index contributed by atoms with van der Waals surface area (Å²) in [6.45, 7) is 4.18. The van der Waals surface area contributed by atoms with Crippen molar-refractivity contribution in [1.29, 1.82) is 0 Å². The van der Waals surface area contributed by atoms with Crippen LogP contribution in [0.25, 0.3) is 11.7 Å². The monoisotopic (exact) mass is 406 g/mol. The van der Waals surface area contributed by atoms with Gasteiger partial charge in [0.2, 0.25) is 11.8 Å². The number of carbonyl (C=O) groups is 1. The second kappa shape index (κ2) is 9.49. The first-order valence-corrected chi connectivity index (χ1v) is 10.2. The minimum Gasteiger partial charge on any atom is -0.480 e. The number of piperazine rings is 1. The first kappa shape index (κ1) is 20.0. The SMILES string of the molecule is COc1ccc2nnc(CCC(=O)N3CCN(CC=Cc4ccccc4)CC3)n2n1. The number of methoxy groups -OCH3 is 1. The number of rotatable bonds is 7. The molecule has 0 aliphatic carbocycles. The predicted octanol–water partition coefficient (Wildman–Crippen LogP) is 1.92. The van der Waals surface area contributed by atoms with E-state index in [0.717, 1.165) is 32.7 Å². The molecule has 2 aromatic heterocycles. The highest BCUT2D eigenvalue weighted by Gasteiger charge is 2.21. The van der Waals surface area contributed by atoms with Gasteiger partial charge >= 0.3 is 0 Å². The van der Waals surface area contributed by atoms with E-state index in [1.54, 1.807) is 23.8 Å². The predicted molar refractivity (Wildman–Crippen MR) is 114 cm³/mol. The van der Waals surface area contributed by atoms with Crippen molar-refractivity contribution in [2.75, 3.05) is 39.8 Å². The molecular weight excluding hydrogens is 380 g/mol. The zero-order valence-electron chi connectivity index (χ0n) is 17.1. The third kappa shape index (κ3) is 4.83. The van der Waals surface area contributed by atoms with E-state index in [-0.39, 0.29) is 5.91 Å². The Morgan fingerprint density at radius 3 is 2.63 bits per heavy atom. The molecule has 4 rings (SSSR count). The second-order valence-corrected chi connectivity index (χ2v) is 7.26. The number of hydrogen-bond donors (Lipinski definition) is 0. The van der Waals surface area contributed by atoms with Crippen LogP contribution in [0.4, 0.5) is 0 Å². The highest BCUT2D eigenvalue weighted by molar-refractivity contribution is 5.76. The lowest BCUT2D eigenvalue weighted by molar-refractivity contribution is -0.132. The molecule has 1 saturated heterocycles. The number of aromatic nitrogens is 4. The van der Waals surface area contributed by atoms with E-state index in [4.69, 9.17) is 4.74 Å². The van der Waals surface area contributed by atoms with Crippen LogP contribution in [0.1, 0.15) is 17.8 Å². The van der Waals surface area contributed by atoms with Crippen LogP contribution in [0.5, 0.6) is 5.88 Å². The molecular formula is C22H26N6O2. The molecule has 3 heterocycles. The number of hydrogen-bond acceptors (Lipinski definition) is 6. The van der Waals surface area contributed by atoms with Gasteiger partial charge in [0.1, 0.15) is 0 Å². The topological polar surface area (TPSA) is 75.9 Å². The lowest BCUT2D eigenvalue weighted by atomic mass is 10.2. The summed E-state index contributed by atoms with van der Waals surface area (Å²) in [5.41, 5.74) is 1.86. The van der Waals surface area contributed by atoms with Gasteiger partial charge in [-0.1, -0.05) is 42.5 Å². The average Bonchev–Trinajstić information content (AvgIpc) is 3.20. The summed E-state index contributed by atoms with van der Waals surface area (Å²) in [5.74, 6) is 1.31. The van der Waals surface area contributed by atoms with E-state index in [2.05, 4.69) is 44.5 Å². The fraction of sp³-hybridized carbons (Fsp3) is 0.364. The van der Waals surface area contributed by atoms with E-state index in [9.17, 15) is 4.79 Å². The van der Waals surface area contributed by atoms with E-state index >= 15 is 0 Å². The zero-order chi connectivity index (χ0) is 20.8. The van der Waals surface area contributed by atoms with Gasteiger partial charge in [-0.25, -0.2) is 0 Å². The molecule has 0 spiro atoms. The Hall–Kier alpha value is -3.26. The van der Waals surface area contributed by atoms with Gasteiger partial charge in [-0.05, 0) is 11.6 Å². The standard InChI is InChI=1S/C22H26N6O2/c1-30-21-11-9-19-23-24-20(28(19)25-21)10-12-22(29)27-16-14-26(15-17-27)13-5-8-18-6-3-2-4-7-18/h2-9,11H,10,12-17H2,1H3. The molecule has 1 aromatic carbocycles. The van der Waals surface area contributed by atoms with E-state index in [1.165, 1.54) is 5.56 Å². The second-order valence-electron chi connectivity index (χ2n) is 7.26. The van der Waals surface area contributed by atoms with Crippen molar-refractivity contribution in [2.45, 2.75) is 12.8 Å². The lowest BCUT2D eigenvalue weighted by Gasteiger charge is -2.34. The third-order valence-electron chi connectivity index (χ3n) is 5.27. The summed E-state index contributed by atoms with van der Waals surface area (Å²) in [4.78, 5) is 17.0. The minimum absolute atomic E-state index is 0.147. The molecule has 156 valence electrons. The summed E-state index contributed by atoms with van der Waals surface area (Å²) >= 11 is 0. The Bertz CT molecular complexity index is 1010. The highest BCUT2D eigenvalue weighted by Crippen LogP contribution is 2.11. The molecule has 8 heteroatoms. The Balaban J connectivity index is 1.24. The van der Waals surface area contributed by atoms with Crippen molar-refractivity contribution in [3.63, 3.8) is 0 Å². The Kier molecular flexibility index (Phi) is 6.34. The first-order chi connectivity index (χ1) is 14.7. The van der Waals surface area contributed by atoms with Crippen LogP contribution in [0.15, 0.2) is 48.5 Å². The summed E-state index contributed by atoms with van der Waals surface area (Å²) in [6, 6.07) is 13.8. The summed E-state index contributed by atoms with van der Waals surface area (Å²) in [6.07, 6.45) is 5.22. The molecule has 1 amide bonds. The van der Waals surface area contributed by atoms with Gasteiger partial charge in [-0.15, -0.1) is 15.3 Å². The van der Waals surface area contributed by atoms with Gasteiger partial charge < -0.3 is 9.64 Å². The number of fused-ring (bicyclic) bond motifs is 1. The van der Waals surface area contributed by atoms with E-state index in [0.29, 0.717) is 30.2 Å². The number of nitrogens with zero attached hydrogens (tertiary/aromatic N) is 6. The number of carbonyl (C=O) groups excluding carboxylic acids is 1. The van der Waals surface area contributed by atoms with Crippen LogP contribution in [0, 0.1) is 0 Å². The van der Waals surface area contributed by atoms with Gasteiger partial charge in [0.05, 0.1) is 7.11 Å². The zero-order valence-corrected chi connectivity index (χ0v) is 17.1. The molecule has 1 aliphatic heterocycles. The van der Waals surface area contributed by atoms with Crippen LogP contribution in [-0.4, -0.2) is 75.4 Å². The molecule has 3 aromatic rings. The number of aryl methyl sites for hydroxylation is 1. The minimum atomic E-state index is 0.147. The number of ether oxygens (including phenoxy) is 1. The average molecular weight is 406 g/mol. The maximum atomic E-state index is 12.6. The molecule has 1 aliphatic rings. The van der Waals surface area contributed by atoms with Crippen LogP contribution in [-0.2, 0) is 11.2 Å². The molecule has 0 atom stereocenters. The molecule has 0 radical (unpaired) electrons. The molecule has 0 bridgehead atoms. The molecule has 8 nitrogen and oxygen atoms in total. The van der Waals surface area contributed by atoms with Crippen molar-refractivity contribution < 1.29 is 9.53 Å². The molecule has 0 saturated carbocycles. The number of amides is 1. The lowest BCUT2D eigenvalue weighted by Crippen LogP contribution is -2.48. The Morgan fingerprint density at radius 1 is 1.07 bits per heavy atom. The maximum absolute atomic E-state index is 12.6. The fourth-order valence-corrected chi connectivity index (χ4v) is 3.54. The first-order valence-electron chi connectivity index (χ1n) is 10.2. The van der Waals surface area contributed by atoms with Gasteiger partial charge in [0.15, 0.2) is 11.5 Å². The highest BCUT2D eigenvalue weighted by atomic mass is 16.5. The van der Waals surface area contributed by atoms with Crippen molar-refractivity contribution >= 4 is 17.6 Å². The van der Waals surface area contributed by atoms with Crippen LogP contribution >= 0.6 is 0 Å². The third-order valence-corrected chi connectivity index (χ3v) is 5.27. The van der Waals surface area contributed by atoms with Gasteiger partial charge in [0, 0.05) is 51.6 Å². The Morgan fingerprint density at radius 2 is 1.87 bits per heavy atom. The van der Waals surface area contributed by atoms with Gasteiger partial charge in [-0.2, -0.15) is 4.52 Å². The van der Waals surface area contributed by atoms with Crippen molar-refractivity contribution in [2.24, 2.45) is 0 Å².